The van der Waals surface area contributed by atoms with Crippen molar-refractivity contribution in [3.05, 3.63) is 272 Å². The van der Waals surface area contributed by atoms with Crippen molar-refractivity contribution in [2.24, 2.45) is 9.98 Å². The number of ether oxygens (including phenoxy) is 6. The van der Waals surface area contributed by atoms with Crippen LogP contribution in [0.2, 0.25) is 0 Å². The smallest absolute Gasteiger partial charge is 0.424 e. The SMILES string of the molecule is CC1=C(C#N)C(=O)N(C(=O)OCc2ccccc2)C/C1=N\c1cc2c(s1)-c1sc3c4c(sc3c1C2(C(=O)OCc1ccccc1)C(=O)OCc1ccccc1)-c1sc(/N=C2/C(=O)N(C(=O)OCc3ccccc3)C(=O)C(C#N)=C2C)cc1C4(C(=O)OCc1ccccc1)C(=O)OCc1ccccc1. The lowest BCUT2D eigenvalue weighted by Gasteiger charge is -2.27. The highest BCUT2D eigenvalue weighted by Gasteiger charge is 2.65. The maximum absolute atomic E-state index is 16.2. The Morgan fingerprint density at radius 1 is 0.417 bits per heavy atom. The molecule has 10 aromatic rings. The van der Waals surface area contributed by atoms with Crippen LogP contribution in [-0.4, -0.2) is 81.6 Å². The van der Waals surface area contributed by atoms with Crippen LogP contribution in [0.3, 0.4) is 0 Å². The number of rotatable bonds is 18. The van der Waals surface area contributed by atoms with Gasteiger partial charge in [-0.1, -0.05) is 182 Å². The standard InChI is InChI=1S/C78H52N6O15S4/c1-44-52(35-79)68(85)83(75(92)98-42-50-29-17-7-18-30-50)37-56(44)81-57-33-54-62(100-57)64-59(77(54,71(88)94-38-46-21-9-3-10-22-46)72(89)95-39-47-23-11-4-12-24-47)66-67(102-64)60-65(103-66)63-55(78(60,73(90)96-40-48-25-13-5-14-26-48)74(91)97-41-49-27-15-6-16-28-49)34-58(101-63)82-61-45(2)53(36-80)69(86)84(70(61)87)76(93)99-43-51-31-19-8-20-32-51/h3-34H,37-43H2,1-2H3/b81-56+,82-61+. The van der Waals surface area contributed by atoms with Crippen molar-refractivity contribution in [1.82, 2.24) is 9.80 Å². The van der Waals surface area contributed by atoms with Crippen LogP contribution >= 0.6 is 45.3 Å². The normalized spacial score (nSPS) is 15.4. The summed E-state index contributed by atoms with van der Waals surface area (Å²) in [4.78, 5) is 147. The zero-order valence-electron chi connectivity index (χ0n) is 54.4. The second-order valence-electron chi connectivity index (χ2n) is 23.8. The zero-order chi connectivity index (χ0) is 71.7. The van der Waals surface area contributed by atoms with Gasteiger partial charge in [0.1, 0.15) is 78.6 Å². The molecular formula is C78H52N6O15S4. The number of amides is 5. The van der Waals surface area contributed by atoms with E-state index in [1.807, 2.05) is 6.07 Å². The second kappa shape index (κ2) is 28.3. The van der Waals surface area contributed by atoms with E-state index in [9.17, 15) is 34.5 Å². The molecule has 103 heavy (non-hydrogen) atoms. The molecule has 0 saturated carbocycles. The van der Waals surface area contributed by atoms with Gasteiger partial charge in [-0.15, -0.1) is 45.3 Å². The van der Waals surface area contributed by atoms with Gasteiger partial charge in [-0.3, -0.25) is 33.6 Å². The number of fused-ring (bicyclic) bond motifs is 9. The van der Waals surface area contributed by atoms with E-state index in [4.69, 9.17) is 38.4 Å². The molecule has 25 heteroatoms. The van der Waals surface area contributed by atoms with Crippen molar-refractivity contribution >= 4 is 130 Å². The number of thiophene rings is 4. The van der Waals surface area contributed by atoms with Crippen molar-refractivity contribution in [2.75, 3.05) is 6.54 Å². The summed E-state index contributed by atoms with van der Waals surface area (Å²) in [6.07, 6.45) is -2.42. The number of carbonyl (C=O) groups excluding carboxylic acids is 9. The van der Waals surface area contributed by atoms with Gasteiger partial charge in [-0.25, -0.2) is 24.5 Å². The van der Waals surface area contributed by atoms with E-state index < -0.39 is 82.4 Å². The van der Waals surface area contributed by atoms with Gasteiger partial charge in [0.2, 0.25) is 10.8 Å². The molecule has 0 fully saturated rings. The van der Waals surface area contributed by atoms with E-state index in [0.717, 1.165) is 50.2 Å². The van der Waals surface area contributed by atoms with E-state index in [1.54, 1.807) is 188 Å². The minimum Gasteiger partial charge on any atom is -0.459 e. The number of hydrogen-bond donors (Lipinski definition) is 0. The highest BCUT2D eigenvalue weighted by molar-refractivity contribution is 7.35. The van der Waals surface area contributed by atoms with Crippen LogP contribution in [0, 0.1) is 22.7 Å². The Kier molecular flexibility index (Phi) is 18.6. The van der Waals surface area contributed by atoms with E-state index in [2.05, 4.69) is 0 Å². The third kappa shape index (κ3) is 12.2. The van der Waals surface area contributed by atoms with Crippen molar-refractivity contribution in [2.45, 2.75) is 64.3 Å². The number of nitrogens with zero attached hydrogens (tertiary/aromatic N) is 6. The van der Waals surface area contributed by atoms with Crippen LogP contribution in [0.25, 0.3) is 28.9 Å². The van der Waals surface area contributed by atoms with Gasteiger partial charge in [0, 0.05) is 27.8 Å². The monoisotopic (exact) mass is 1440 g/mol. The molecule has 0 spiro atoms. The Hall–Kier alpha value is -12.4. The Morgan fingerprint density at radius 3 is 1.11 bits per heavy atom. The largest absolute Gasteiger partial charge is 0.459 e. The lowest BCUT2D eigenvalue weighted by molar-refractivity contribution is -0.166. The maximum Gasteiger partial charge on any atom is 0.424 e. The Labute approximate surface area is 602 Å². The van der Waals surface area contributed by atoms with Crippen molar-refractivity contribution in [3.63, 3.8) is 0 Å². The predicted octanol–water partition coefficient (Wildman–Crippen LogP) is 14.3. The summed E-state index contributed by atoms with van der Waals surface area (Å²) < 4.78 is 36.8. The predicted molar refractivity (Wildman–Crippen MR) is 380 cm³/mol. The van der Waals surface area contributed by atoms with E-state index in [-0.39, 0.29) is 118 Å². The molecule has 0 N–H and O–H groups in total. The molecule has 14 rings (SSSR count). The number of aliphatic imine (C=N–C) groups is 2. The van der Waals surface area contributed by atoms with Gasteiger partial charge in [0.15, 0.2) is 0 Å². The van der Waals surface area contributed by atoms with Crippen LogP contribution in [0.5, 0.6) is 0 Å². The summed E-state index contributed by atoms with van der Waals surface area (Å²) in [5, 5.41) is 20.9. The van der Waals surface area contributed by atoms with Gasteiger partial charge >= 0.3 is 36.1 Å². The summed E-state index contributed by atoms with van der Waals surface area (Å²) in [5.41, 5.74) is -3.02. The highest BCUT2D eigenvalue weighted by atomic mass is 32.1. The molecule has 2 aliphatic carbocycles. The first kappa shape index (κ1) is 67.8. The second-order valence-corrected chi connectivity index (χ2v) is 27.9. The molecular weight excluding hydrogens is 1390 g/mol. The lowest BCUT2D eigenvalue weighted by Crippen LogP contribution is -2.50. The number of esters is 4. The number of benzene rings is 6. The van der Waals surface area contributed by atoms with Crippen LogP contribution in [0.15, 0.2) is 226 Å². The third-order valence-corrected chi connectivity index (χ3v) is 22.6. The van der Waals surface area contributed by atoms with E-state index in [1.165, 1.54) is 26.0 Å². The van der Waals surface area contributed by atoms with Crippen LogP contribution in [0.4, 0.5) is 19.6 Å². The summed E-state index contributed by atoms with van der Waals surface area (Å²) >= 11 is 4.01. The van der Waals surface area contributed by atoms with Gasteiger partial charge in [-0.2, -0.15) is 15.4 Å². The average Bonchev–Trinajstić information content (AvgIpc) is 1.49. The Morgan fingerprint density at radius 2 is 0.748 bits per heavy atom. The van der Waals surface area contributed by atoms with Gasteiger partial charge in [0.25, 0.3) is 17.7 Å². The molecule has 6 aromatic carbocycles. The highest BCUT2D eigenvalue weighted by Crippen LogP contribution is 2.68. The van der Waals surface area contributed by atoms with E-state index in [0.29, 0.717) is 43.1 Å². The molecule has 21 nitrogen and oxygen atoms in total. The Balaban J connectivity index is 0.977. The molecule has 0 unspecified atom stereocenters. The fraction of sp³-hybridized carbons (Fsp3) is 0.141. The topological polar surface area (TPSA) is 288 Å². The zero-order valence-corrected chi connectivity index (χ0v) is 57.6. The van der Waals surface area contributed by atoms with Crippen LogP contribution in [0.1, 0.15) is 69.5 Å². The molecule has 0 bridgehead atoms. The molecule has 508 valence electrons. The first-order valence-corrected chi connectivity index (χ1v) is 35.1. The van der Waals surface area contributed by atoms with Crippen molar-refractivity contribution in [1.29, 1.82) is 10.5 Å². The Bertz CT molecular complexity index is 5280. The van der Waals surface area contributed by atoms with Gasteiger partial charge < -0.3 is 28.4 Å². The maximum atomic E-state index is 16.2. The van der Waals surface area contributed by atoms with Crippen molar-refractivity contribution in [3.8, 4) is 31.6 Å². The molecule has 0 saturated heterocycles. The molecule has 0 radical (unpaired) electrons. The molecule has 6 heterocycles. The molecule has 0 atom stereocenters. The number of hydrogen-bond acceptors (Lipinski definition) is 23. The third-order valence-electron chi connectivity index (χ3n) is 17.6. The summed E-state index contributed by atoms with van der Waals surface area (Å²) in [6, 6.07) is 58.8. The number of imide groups is 4. The molecule has 4 aromatic heterocycles. The number of carbonyl (C=O) groups is 9. The molecule has 4 aliphatic rings. The average molecular weight is 1440 g/mol. The van der Waals surface area contributed by atoms with Crippen molar-refractivity contribution < 1.29 is 71.6 Å². The summed E-state index contributed by atoms with van der Waals surface area (Å²) in [6.45, 7) is 0.471. The summed E-state index contributed by atoms with van der Waals surface area (Å²) in [5.74, 6) is -7.80. The van der Waals surface area contributed by atoms with Crippen LogP contribution < -0.4 is 0 Å². The van der Waals surface area contributed by atoms with E-state index >= 15 is 19.2 Å². The van der Waals surface area contributed by atoms with Crippen LogP contribution in [-0.2, 0) is 112 Å². The molecule has 5 amide bonds. The fourth-order valence-electron chi connectivity index (χ4n) is 12.5. The first-order valence-electron chi connectivity index (χ1n) is 31.8. The number of nitriles is 2. The minimum absolute atomic E-state index is 0.0138. The van der Waals surface area contributed by atoms with Gasteiger partial charge in [0.05, 0.1) is 41.2 Å². The molecule has 2 aliphatic heterocycles. The lowest BCUT2D eigenvalue weighted by atomic mass is 9.77. The van der Waals surface area contributed by atoms with Gasteiger partial charge in [-0.05, 0) is 64.9 Å². The quantitative estimate of drug-likeness (QED) is 0.0334. The minimum atomic E-state index is -2.60. The fourth-order valence-corrected chi connectivity index (χ4v) is 18.1. The summed E-state index contributed by atoms with van der Waals surface area (Å²) in [7, 11) is 0. The first-order chi connectivity index (χ1) is 50.0.